The number of rotatable bonds is 6. The van der Waals surface area contributed by atoms with Crippen LogP contribution in [0.3, 0.4) is 0 Å². The lowest BCUT2D eigenvalue weighted by atomic mass is 10.2. The maximum absolute atomic E-state index is 13.2. The zero-order valence-electron chi connectivity index (χ0n) is 8.97. The van der Waals surface area contributed by atoms with Crippen molar-refractivity contribution < 1.29 is 13.5 Å². The zero-order chi connectivity index (χ0) is 12.0. The summed E-state index contributed by atoms with van der Waals surface area (Å²) in [5, 5.41) is 2.67. The van der Waals surface area contributed by atoms with Gasteiger partial charge in [0.05, 0.1) is 12.0 Å². The molecule has 0 aliphatic heterocycles. The van der Waals surface area contributed by atoms with Crippen molar-refractivity contribution in [1.29, 1.82) is 0 Å². The van der Waals surface area contributed by atoms with E-state index < -0.39 is 11.6 Å². The van der Waals surface area contributed by atoms with Crippen molar-refractivity contribution >= 4 is 11.6 Å². The minimum atomic E-state index is -0.551. The molecule has 0 heterocycles. The number of halogens is 3. The summed E-state index contributed by atoms with van der Waals surface area (Å²) in [6, 6.07) is 3.80. The van der Waals surface area contributed by atoms with Crippen LogP contribution in [0.5, 0.6) is 0 Å². The fourth-order valence-electron chi connectivity index (χ4n) is 1.29. The van der Waals surface area contributed by atoms with Crippen LogP contribution in [0.1, 0.15) is 5.56 Å². The van der Waals surface area contributed by atoms with E-state index in [0.29, 0.717) is 13.2 Å². The summed E-state index contributed by atoms with van der Waals surface area (Å²) in [4.78, 5) is 0. The number of hydrogen-bond acceptors (Lipinski definition) is 2. The van der Waals surface area contributed by atoms with Crippen molar-refractivity contribution in [1.82, 2.24) is 5.32 Å². The quantitative estimate of drug-likeness (QED) is 0.782. The normalized spacial score (nSPS) is 12.8. The van der Waals surface area contributed by atoms with Crippen molar-refractivity contribution in [2.24, 2.45) is 0 Å². The van der Waals surface area contributed by atoms with Crippen LogP contribution < -0.4 is 5.32 Å². The lowest BCUT2D eigenvalue weighted by molar-refractivity contribution is 0.197. The molecule has 1 N–H and O–H groups in total. The van der Waals surface area contributed by atoms with E-state index in [1.807, 2.05) is 0 Å². The highest BCUT2D eigenvalue weighted by molar-refractivity contribution is 6.20. The van der Waals surface area contributed by atoms with Gasteiger partial charge in [0.15, 0.2) is 0 Å². The van der Waals surface area contributed by atoms with Gasteiger partial charge in [-0.1, -0.05) is 6.07 Å². The third-order valence-electron chi connectivity index (χ3n) is 2.08. The number of methoxy groups -OCH3 is 1. The standard InChI is InChI=1S/C11H14ClF2NO/c1-16-7-8(12)5-15-6-9-10(13)3-2-4-11(9)14/h2-4,8,15H,5-7H2,1H3. The molecule has 1 aromatic carbocycles. The molecule has 0 aliphatic rings. The summed E-state index contributed by atoms with van der Waals surface area (Å²) in [7, 11) is 1.55. The second kappa shape index (κ2) is 6.78. The number of alkyl halides is 1. The molecule has 1 unspecified atom stereocenters. The summed E-state index contributed by atoms with van der Waals surface area (Å²) in [6.07, 6.45) is 0. The molecule has 16 heavy (non-hydrogen) atoms. The molecule has 90 valence electrons. The predicted octanol–water partition coefficient (Wildman–Crippen LogP) is 2.31. The van der Waals surface area contributed by atoms with E-state index >= 15 is 0 Å². The van der Waals surface area contributed by atoms with Gasteiger partial charge in [-0.05, 0) is 12.1 Å². The van der Waals surface area contributed by atoms with Gasteiger partial charge in [-0.25, -0.2) is 8.78 Å². The summed E-state index contributed by atoms with van der Waals surface area (Å²) in [5.74, 6) is -1.10. The molecular formula is C11H14ClF2NO. The van der Waals surface area contributed by atoms with Crippen LogP contribution >= 0.6 is 11.6 Å². The first-order valence-electron chi connectivity index (χ1n) is 4.91. The third-order valence-corrected chi connectivity index (χ3v) is 2.36. The van der Waals surface area contributed by atoms with Gasteiger partial charge in [0, 0.05) is 25.8 Å². The van der Waals surface area contributed by atoms with Crippen molar-refractivity contribution in [3.8, 4) is 0 Å². The van der Waals surface area contributed by atoms with Crippen LogP contribution in [0.25, 0.3) is 0 Å². The summed E-state index contributed by atoms with van der Waals surface area (Å²) in [5.41, 5.74) is 0.0313. The Morgan fingerprint density at radius 1 is 1.38 bits per heavy atom. The SMILES string of the molecule is COCC(Cl)CNCc1c(F)cccc1F. The van der Waals surface area contributed by atoms with E-state index in [4.69, 9.17) is 16.3 Å². The van der Waals surface area contributed by atoms with Crippen LogP contribution in [0, 0.1) is 11.6 Å². The molecule has 1 aromatic rings. The number of benzene rings is 1. The van der Waals surface area contributed by atoms with Gasteiger partial charge in [0.25, 0.3) is 0 Å². The Morgan fingerprint density at radius 2 is 2.00 bits per heavy atom. The Hall–Kier alpha value is -0.710. The monoisotopic (exact) mass is 249 g/mol. The molecule has 0 saturated heterocycles. The molecule has 0 bridgehead atoms. The van der Waals surface area contributed by atoms with E-state index in [0.717, 1.165) is 0 Å². The lowest BCUT2D eigenvalue weighted by Gasteiger charge is -2.10. The highest BCUT2D eigenvalue weighted by Gasteiger charge is 2.09. The van der Waals surface area contributed by atoms with E-state index in [9.17, 15) is 8.78 Å². The average molecular weight is 250 g/mol. The minimum Gasteiger partial charge on any atom is -0.383 e. The minimum absolute atomic E-state index is 0.0313. The number of hydrogen-bond donors (Lipinski definition) is 1. The Bertz CT molecular complexity index is 316. The highest BCUT2D eigenvalue weighted by atomic mass is 35.5. The van der Waals surface area contributed by atoms with Gasteiger partial charge in [-0.2, -0.15) is 0 Å². The molecule has 1 rings (SSSR count). The van der Waals surface area contributed by atoms with Crippen molar-refractivity contribution in [2.45, 2.75) is 11.9 Å². The van der Waals surface area contributed by atoms with E-state index in [-0.39, 0.29) is 17.5 Å². The van der Waals surface area contributed by atoms with Crippen molar-refractivity contribution in [3.05, 3.63) is 35.4 Å². The number of ether oxygens (including phenoxy) is 1. The smallest absolute Gasteiger partial charge is 0.130 e. The van der Waals surface area contributed by atoms with Crippen LogP contribution in [0.2, 0.25) is 0 Å². The highest BCUT2D eigenvalue weighted by Crippen LogP contribution is 2.11. The second-order valence-corrected chi connectivity index (χ2v) is 4.00. The van der Waals surface area contributed by atoms with E-state index in [2.05, 4.69) is 5.32 Å². The summed E-state index contributed by atoms with van der Waals surface area (Å²) < 4.78 is 31.2. The predicted molar refractivity (Wildman–Crippen MR) is 59.6 cm³/mol. The first-order chi connectivity index (χ1) is 7.65. The fraction of sp³-hybridized carbons (Fsp3) is 0.455. The largest absolute Gasteiger partial charge is 0.383 e. The molecule has 0 radical (unpaired) electrons. The molecule has 0 aliphatic carbocycles. The van der Waals surface area contributed by atoms with Crippen LogP contribution in [-0.4, -0.2) is 25.6 Å². The van der Waals surface area contributed by atoms with Gasteiger partial charge in [-0.15, -0.1) is 11.6 Å². The molecule has 5 heteroatoms. The average Bonchev–Trinajstić information content (AvgIpc) is 2.23. The van der Waals surface area contributed by atoms with Gasteiger partial charge < -0.3 is 10.1 Å². The first kappa shape index (κ1) is 13.4. The zero-order valence-corrected chi connectivity index (χ0v) is 9.73. The van der Waals surface area contributed by atoms with Gasteiger partial charge in [-0.3, -0.25) is 0 Å². The Labute approximate surface area is 98.6 Å². The molecule has 0 aromatic heterocycles. The van der Waals surface area contributed by atoms with Gasteiger partial charge in [0.2, 0.25) is 0 Å². The molecule has 0 amide bonds. The van der Waals surface area contributed by atoms with E-state index in [1.165, 1.54) is 18.2 Å². The summed E-state index contributed by atoms with van der Waals surface area (Å²) >= 11 is 5.85. The van der Waals surface area contributed by atoms with Gasteiger partial charge in [0.1, 0.15) is 11.6 Å². The second-order valence-electron chi connectivity index (χ2n) is 3.38. The van der Waals surface area contributed by atoms with Crippen LogP contribution in [0.15, 0.2) is 18.2 Å². The molecule has 0 saturated carbocycles. The van der Waals surface area contributed by atoms with Crippen molar-refractivity contribution in [2.75, 3.05) is 20.3 Å². The third kappa shape index (κ3) is 4.04. The molecular weight excluding hydrogens is 236 g/mol. The maximum Gasteiger partial charge on any atom is 0.130 e. The van der Waals surface area contributed by atoms with Crippen molar-refractivity contribution in [3.63, 3.8) is 0 Å². The Kier molecular flexibility index (Phi) is 5.66. The topological polar surface area (TPSA) is 21.3 Å². The summed E-state index contributed by atoms with van der Waals surface area (Å²) in [6.45, 7) is 0.947. The van der Waals surface area contributed by atoms with Gasteiger partial charge >= 0.3 is 0 Å². The fourth-order valence-corrected chi connectivity index (χ4v) is 1.53. The Morgan fingerprint density at radius 3 is 2.56 bits per heavy atom. The molecule has 1 atom stereocenters. The van der Waals surface area contributed by atoms with Crippen LogP contribution in [0.4, 0.5) is 8.78 Å². The van der Waals surface area contributed by atoms with E-state index in [1.54, 1.807) is 7.11 Å². The lowest BCUT2D eigenvalue weighted by Crippen LogP contribution is -2.26. The maximum atomic E-state index is 13.2. The number of nitrogens with one attached hydrogen (secondary N) is 1. The van der Waals surface area contributed by atoms with Crippen LogP contribution in [-0.2, 0) is 11.3 Å². The molecule has 2 nitrogen and oxygen atoms in total. The Balaban J connectivity index is 2.43. The molecule has 0 spiro atoms. The molecule has 0 fully saturated rings. The first-order valence-corrected chi connectivity index (χ1v) is 5.35.